The molecule has 3 heteroatoms. The van der Waals surface area contributed by atoms with Gasteiger partial charge in [-0.05, 0) is 43.9 Å². The van der Waals surface area contributed by atoms with Crippen molar-refractivity contribution in [3.05, 3.63) is 0 Å². The lowest BCUT2D eigenvalue weighted by molar-refractivity contribution is -0.134. The van der Waals surface area contributed by atoms with Crippen LogP contribution in [-0.2, 0) is 4.79 Å². The van der Waals surface area contributed by atoms with Gasteiger partial charge in [0.15, 0.2) is 0 Å². The zero-order chi connectivity index (χ0) is 14.2. The number of hydrogen-bond donors (Lipinski definition) is 1. The summed E-state index contributed by atoms with van der Waals surface area (Å²) in [5.74, 6) is 2.26. The molecular formula is C16H30N2O. The molecule has 2 fully saturated rings. The summed E-state index contributed by atoms with van der Waals surface area (Å²) >= 11 is 0. The summed E-state index contributed by atoms with van der Waals surface area (Å²) in [6, 6.07) is 0.482. The smallest absolute Gasteiger partial charge is 0.241 e. The Morgan fingerprint density at radius 3 is 2.32 bits per heavy atom. The van der Waals surface area contributed by atoms with Gasteiger partial charge in [-0.15, -0.1) is 0 Å². The van der Waals surface area contributed by atoms with Crippen molar-refractivity contribution in [1.82, 2.24) is 10.2 Å². The number of carbonyl (C=O) groups is 1. The Labute approximate surface area is 118 Å². The van der Waals surface area contributed by atoms with Crippen LogP contribution in [0.1, 0.15) is 60.3 Å². The van der Waals surface area contributed by atoms with E-state index in [1.54, 1.807) is 0 Å². The zero-order valence-corrected chi connectivity index (χ0v) is 13.1. The van der Waals surface area contributed by atoms with E-state index < -0.39 is 0 Å². The van der Waals surface area contributed by atoms with Crippen molar-refractivity contribution in [2.45, 2.75) is 78.6 Å². The maximum Gasteiger partial charge on any atom is 0.241 e. The fourth-order valence-electron chi connectivity index (χ4n) is 4.03. The van der Waals surface area contributed by atoms with Gasteiger partial charge in [0.1, 0.15) is 0 Å². The molecule has 5 atom stereocenters. The third kappa shape index (κ3) is 2.96. The molecule has 0 aromatic heterocycles. The molecule has 5 unspecified atom stereocenters. The van der Waals surface area contributed by atoms with Gasteiger partial charge < -0.3 is 4.90 Å². The molecule has 0 radical (unpaired) electrons. The van der Waals surface area contributed by atoms with E-state index in [1.807, 2.05) is 0 Å². The highest BCUT2D eigenvalue weighted by Crippen LogP contribution is 2.34. The third-order valence-corrected chi connectivity index (χ3v) is 5.12. The largest absolute Gasteiger partial charge is 0.323 e. The normalized spacial score (nSPS) is 41.6. The van der Waals surface area contributed by atoms with Gasteiger partial charge in [0.25, 0.3) is 0 Å². The molecule has 0 aromatic carbocycles. The van der Waals surface area contributed by atoms with Crippen LogP contribution in [0.3, 0.4) is 0 Å². The lowest BCUT2D eigenvalue weighted by Crippen LogP contribution is -2.46. The Balaban J connectivity index is 2.09. The number of hydrogen-bond acceptors (Lipinski definition) is 2. The van der Waals surface area contributed by atoms with E-state index in [0.717, 1.165) is 18.3 Å². The maximum atomic E-state index is 12.7. The van der Waals surface area contributed by atoms with Gasteiger partial charge in [-0.2, -0.15) is 0 Å². The number of carbonyl (C=O) groups excluding carboxylic acids is 1. The van der Waals surface area contributed by atoms with Crippen LogP contribution in [0.4, 0.5) is 0 Å². The first-order valence-corrected chi connectivity index (χ1v) is 8.02. The lowest BCUT2D eigenvalue weighted by Gasteiger charge is -2.39. The van der Waals surface area contributed by atoms with Crippen molar-refractivity contribution in [3.8, 4) is 0 Å². The summed E-state index contributed by atoms with van der Waals surface area (Å²) in [5, 5.41) is 3.51. The highest BCUT2D eigenvalue weighted by atomic mass is 16.2. The number of nitrogens with zero attached hydrogens (tertiary/aromatic N) is 1. The molecule has 1 aliphatic heterocycles. The first-order valence-electron chi connectivity index (χ1n) is 8.02. The van der Waals surface area contributed by atoms with Gasteiger partial charge >= 0.3 is 0 Å². The van der Waals surface area contributed by atoms with Crippen molar-refractivity contribution in [2.24, 2.45) is 17.8 Å². The second kappa shape index (κ2) is 5.82. The van der Waals surface area contributed by atoms with E-state index in [1.165, 1.54) is 19.3 Å². The van der Waals surface area contributed by atoms with Gasteiger partial charge in [-0.1, -0.05) is 34.1 Å². The van der Waals surface area contributed by atoms with Crippen LogP contribution in [0.25, 0.3) is 0 Å². The first-order chi connectivity index (χ1) is 8.93. The Hall–Kier alpha value is -0.570. The van der Waals surface area contributed by atoms with Crippen LogP contribution in [0.15, 0.2) is 0 Å². The SMILES string of the molecule is CCC(C)C1NC(C)N(C2CC(C)CC(C)C2)C1=O. The average Bonchev–Trinajstić information content (AvgIpc) is 2.62. The number of amides is 1. The Kier molecular flexibility index (Phi) is 4.54. The highest BCUT2D eigenvalue weighted by molar-refractivity contribution is 5.85. The molecule has 3 nitrogen and oxygen atoms in total. The lowest BCUT2D eigenvalue weighted by atomic mass is 9.79. The number of rotatable bonds is 3. The van der Waals surface area contributed by atoms with Crippen LogP contribution in [0.5, 0.6) is 0 Å². The molecule has 1 amide bonds. The molecule has 2 aliphatic rings. The minimum atomic E-state index is 0.0348. The first kappa shape index (κ1) is 14.8. The Morgan fingerprint density at radius 2 is 1.79 bits per heavy atom. The maximum absolute atomic E-state index is 12.7. The fraction of sp³-hybridized carbons (Fsp3) is 0.938. The van der Waals surface area contributed by atoms with Crippen LogP contribution < -0.4 is 5.32 Å². The molecule has 2 rings (SSSR count). The standard InChI is InChI=1S/C16H30N2O/c1-6-12(4)15-16(19)18(13(5)17-15)14-8-10(2)7-11(3)9-14/h10-15,17H,6-9H2,1-5H3. The van der Waals surface area contributed by atoms with E-state index >= 15 is 0 Å². The molecule has 1 heterocycles. The second-order valence-corrected chi connectivity index (χ2v) is 7.02. The van der Waals surface area contributed by atoms with E-state index in [0.29, 0.717) is 17.9 Å². The van der Waals surface area contributed by atoms with Gasteiger partial charge in [0.05, 0.1) is 12.2 Å². The molecule has 19 heavy (non-hydrogen) atoms. The third-order valence-electron chi connectivity index (χ3n) is 5.12. The van der Waals surface area contributed by atoms with E-state index in [4.69, 9.17) is 0 Å². The van der Waals surface area contributed by atoms with E-state index in [9.17, 15) is 4.79 Å². The zero-order valence-electron chi connectivity index (χ0n) is 13.1. The molecule has 1 saturated carbocycles. The molecule has 1 N–H and O–H groups in total. The van der Waals surface area contributed by atoms with E-state index in [2.05, 4.69) is 44.8 Å². The molecule has 0 aromatic rings. The number of nitrogens with one attached hydrogen (secondary N) is 1. The minimum absolute atomic E-state index is 0.0348. The molecule has 110 valence electrons. The van der Waals surface area contributed by atoms with Crippen molar-refractivity contribution in [3.63, 3.8) is 0 Å². The molecule has 0 bridgehead atoms. The molecule has 0 spiro atoms. The quantitative estimate of drug-likeness (QED) is 0.851. The summed E-state index contributed by atoms with van der Waals surface area (Å²) < 4.78 is 0. The topological polar surface area (TPSA) is 32.3 Å². The summed E-state index contributed by atoms with van der Waals surface area (Å²) in [4.78, 5) is 14.8. The van der Waals surface area contributed by atoms with E-state index in [-0.39, 0.29) is 12.2 Å². The molecule has 1 aliphatic carbocycles. The predicted octanol–water partition coefficient (Wildman–Crippen LogP) is 3.00. The van der Waals surface area contributed by atoms with Crippen molar-refractivity contribution in [2.75, 3.05) is 0 Å². The molecule has 1 saturated heterocycles. The summed E-state index contributed by atoms with van der Waals surface area (Å²) in [7, 11) is 0. The van der Waals surface area contributed by atoms with Crippen LogP contribution in [-0.4, -0.2) is 29.1 Å². The van der Waals surface area contributed by atoms with Gasteiger partial charge in [-0.25, -0.2) is 0 Å². The van der Waals surface area contributed by atoms with Gasteiger partial charge in [-0.3, -0.25) is 10.1 Å². The van der Waals surface area contributed by atoms with Crippen LogP contribution >= 0.6 is 0 Å². The highest BCUT2D eigenvalue weighted by Gasteiger charge is 2.43. The summed E-state index contributed by atoms with van der Waals surface area (Å²) in [6.45, 7) is 11.1. The Bertz CT molecular complexity index is 321. The van der Waals surface area contributed by atoms with Crippen LogP contribution in [0.2, 0.25) is 0 Å². The van der Waals surface area contributed by atoms with Crippen molar-refractivity contribution < 1.29 is 4.79 Å². The Morgan fingerprint density at radius 1 is 1.21 bits per heavy atom. The average molecular weight is 266 g/mol. The second-order valence-electron chi connectivity index (χ2n) is 7.02. The minimum Gasteiger partial charge on any atom is -0.323 e. The van der Waals surface area contributed by atoms with Crippen molar-refractivity contribution in [1.29, 1.82) is 0 Å². The predicted molar refractivity (Wildman–Crippen MR) is 78.7 cm³/mol. The molecular weight excluding hydrogens is 236 g/mol. The fourth-order valence-corrected chi connectivity index (χ4v) is 4.03. The monoisotopic (exact) mass is 266 g/mol. The summed E-state index contributed by atoms with van der Waals surface area (Å²) in [6.07, 6.45) is 4.93. The van der Waals surface area contributed by atoms with Gasteiger partial charge in [0.2, 0.25) is 5.91 Å². The van der Waals surface area contributed by atoms with Crippen LogP contribution in [0, 0.1) is 17.8 Å². The van der Waals surface area contributed by atoms with Crippen molar-refractivity contribution >= 4 is 5.91 Å². The summed E-state index contributed by atoms with van der Waals surface area (Å²) in [5.41, 5.74) is 0. The van der Waals surface area contributed by atoms with Gasteiger partial charge in [0, 0.05) is 6.04 Å².